The largest absolute Gasteiger partial charge is 0.383 e. The van der Waals surface area contributed by atoms with E-state index in [0.717, 1.165) is 44.7 Å². The average molecular weight is 319 g/mol. The molecule has 2 saturated heterocycles. The van der Waals surface area contributed by atoms with E-state index < -0.39 is 0 Å². The van der Waals surface area contributed by atoms with Crippen molar-refractivity contribution in [1.29, 1.82) is 0 Å². The molecule has 6 nitrogen and oxygen atoms in total. The minimum absolute atomic E-state index is 0.811. The van der Waals surface area contributed by atoms with Crippen molar-refractivity contribution in [3.05, 3.63) is 18.5 Å². The van der Waals surface area contributed by atoms with Crippen LogP contribution in [-0.4, -0.2) is 85.8 Å². The van der Waals surface area contributed by atoms with Crippen LogP contribution in [0.25, 0.3) is 0 Å². The first-order chi connectivity index (χ1) is 11.3. The Morgan fingerprint density at radius 2 is 1.96 bits per heavy atom. The summed E-state index contributed by atoms with van der Waals surface area (Å²) in [7, 11) is 1.78. The summed E-state index contributed by atoms with van der Waals surface area (Å²) in [5, 5.41) is 0. The predicted molar refractivity (Wildman–Crippen MR) is 91.7 cm³/mol. The standard InChI is InChI=1S/C17H29N5O/c1-23-13-12-21-9-4-16(15-21)14-20-7-3-8-22(11-10-20)17-18-5-2-6-19-17/h2,5-6,16H,3-4,7-15H2,1H3. The van der Waals surface area contributed by atoms with Gasteiger partial charge in [0.25, 0.3) is 0 Å². The Bertz CT molecular complexity index is 458. The van der Waals surface area contributed by atoms with Crippen molar-refractivity contribution in [3.63, 3.8) is 0 Å². The average Bonchev–Trinajstić information content (AvgIpc) is 2.90. The molecular formula is C17H29N5O. The van der Waals surface area contributed by atoms with Crippen LogP contribution in [0.3, 0.4) is 0 Å². The van der Waals surface area contributed by atoms with Crippen LogP contribution in [0.5, 0.6) is 0 Å². The number of anilines is 1. The molecule has 1 aromatic heterocycles. The Balaban J connectivity index is 1.44. The van der Waals surface area contributed by atoms with E-state index in [1.54, 1.807) is 7.11 Å². The van der Waals surface area contributed by atoms with E-state index in [2.05, 4.69) is 24.7 Å². The number of aromatic nitrogens is 2. The SMILES string of the molecule is COCCN1CCC(CN2CCCN(c3ncccn3)CC2)C1. The van der Waals surface area contributed by atoms with Gasteiger partial charge >= 0.3 is 0 Å². The molecular weight excluding hydrogens is 290 g/mol. The number of ether oxygens (including phenoxy) is 1. The highest BCUT2D eigenvalue weighted by Gasteiger charge is 2.25. The fraction of sp³-hybridized carbons (Fsp3) is 0.765. The maximum atomic E-state index is 5.19. The summed E-state index contributed by atoms with van der Waals surface area (Å²) < 4.78 is 5.19. The van der Waals surface area contributed by atoms with Gasteiger partial charge in [0, 0.05) is 58.8 Å². The van der Waals surface area contributed by atoms with E-state index in [1.807, 2.05) is 18.5 Å². The van der Waals surface area contributed by atoms with Gasteiger partial charge in [-0.1, -0.05) is 0 Å². The zero-order valence-electron chi connectivity index (χ0n) is 14.2. The molecule has 128 valence electrons. The first-order valence-electron chi connectivity index (χ1n) is 8.81. The lowest BCUT2D eigenvalue weighted by molar-refractivity contribution is 0.156. The molecule has 3 rings (SSSR count). The Hall–Kier alpha value is -1.24. The lowest BCUT2D eigenvalue weighted by Crippen LogP contribution is -2.35. The summed E-state index contributed by atoms with van der Waals surface area (Å²) >= 11 is 0. The molecule has 0 N–H and O–H groups in total. The van der Waals surface area contributed by atoms with Crippen LogP contribution in [0, 0.1) is 5.92 Å². The van der Waals surface area contributed by atoms with Crippen LogP contribution in [0.15, 0.2) is 18.5 Å². The fourth-order valence-corrected chi connectivity index (χ4v) is 3.66. The summed E-state index contributed by atoms with van der Waals surface area (Å²) in [6.07, 6.45) is 6.18. The van der Waals surface area contributed by atoms with Gasteiger partial charge in [-0.3, -0.25) is 0 Å². The topological polar surface area (TPSA) is 44.7 Å². The lowest BCUT2D eigenvalue weighted by atomic mass is 10.1. The molecule has 0 aromatic carbocycles. The summed E-state index contributed by atoms with van der Waals surface area (Å²) in [5.41, 5.74) is 0. The van der Waals surface area contributed by atoms with Crippen molar-refractivity contribution >= 4 is 5.95 Å². The Morgan fingerprint density at radius 3 is 2.78 bits per heavy atom. The normalized spacial score (nSPS) is 24.0. The van der Waals surface area contributed by atoms with E-state index in [9.17, 15) is 0 Å². The zero-order chi connectivity index (χ0) is 15.9. The molecule has 2 fully saturated rings. The first-order valence-corrected chi connectivity index (χ1v) is 8.81. The minimum Gasteiger partial charge on any atom is -0.383 e. The fourth-order valence-electron chi connectivity index (χ4n) is 3.66. The van der Waals surface area contributed by atoms with Gasteiger partial charge in [0.1, 0.15) is 0 Å². The van der Waals surface area contributed by atoms with Crippen LogP contribution < -0.4 is 4.90 Å². The van der Waals surface area contributed by atoms with Gasteiger partial charge in [-0.05, 0) is 37.9 Å². The molecule has 1 atom stereocenters. The van der Waals surface area contributed by atoms with Crippen molar-refractivity contribution in [2.75, 3.05) is 71.0 Å². The summed E-state index contributed by atoms with van der Waals surface area (Å²) in [4.78, 5) is 16.3. The third-order valence-electron chi connectivity index (χ3n) is 4.92. The second-order valence-electron chi connectivity index (χ2n) is 6.64. The number of hydrogen-bond acceptors (Lipinski definition) is 6. The molecule has 0 spiro atoms. The molecule has 3 heterocycles. The van der Waals surface area contributed by atoms with Crippen LogP contribution in [0.2, 0.25) is 0 Å². The van der Waals surface area contributed by atoms with E-state index in [-0.39, 0.29) is 0 Å². The van der Waals surface area contributed by atoms with Gasteiger partial charge in [-0.15, -0.1) is 0 Å². The van der Waals surface area contributed by atoms with Crippen LogP contribution in [0.1, 0.15) is 12.8 Å². The summed E-state index contributed by atoms with van der Waals surface area (Å²) in [5.74, 6) is 1.69. The van der Waals surface area contributed by atoms with Gasteiger partial charge < -0.3 is 19.4 Å². The van der Waals surface area contributed by atoms with E-state index in [1.165, 1.54) is 39.0 Å². The molecule has 1 unspecified atom stereocenters. The Morgan fingerprint density at radius 1 is 1.09 bits per heavy atom. The highest BCUT2D eigenvalue weighted by Crippen LogP contribution is 2.18. The number of hydrogen-bond donors (Lipinski definition) is 0. The molecule has 0 bridgehead atoms. The second-order valence-corrected chi connectivity index (χ2v) is 6.64. The second kappa shape index (κ2) is 8.57. The van der Waals surface area contributed by atoms with Crippen molar-refractivity contribution in [2.24, 2.45) is 5.92 Å². The van der Waals surface area contributed by atoms with Gasteiger partial charge in [-0.25, -0.2) is 9.97 Å². The quantitative estimate of drug-likeness (QED) is 0.778. The van der Waals surface area contributed by atoms with Crippen molar-refractivity contribution < 1.29 is 4.74 Å². The van der Waals surface area contributed by atoms with Crippen LogP contribution in [0.4, 0.5) is 5.95 Å². The molecule has 2 aliphatic rings. The highest BCUT2D eigenvalue weighted by molar-refractivity contribution is 5.28. The zero-order valence-corrected chi connectivity index (χ0v) is 14.2. The third-order valence-corrected chi connectivity index (χ3v) is 4.92. The molecule has 0 aliphatic carbocycles. The Kier molecular flexibility index (Phi) is 6.19. The molecule has 1 aromatic rings. The van der Waals surface area contributed by atoms with Gasteiger partial charge in [0.2, 0.25) is 5.95 Å². The lowest BCUT2D eigenvalue weighted by Gasteiger charge is -2.24. The Labute approximate surface area is 139 Å². The van der Waals surface area contributed by atoms with Gasteiger partial charge in [-0.2, -0.15) is 0 Å². The summed E-state index contributed by atoms with van der Waals surface area (Å²) in [6.45, 7) is 10.0. The monoisotopic (exact) mass is 319 g/mol. The van der Waals surface area contributed by atoms with Crippen molar-refractivity contribution in [2.45, 2.75) is 12.8 Å². The van der Waals surface area contributed by atoms with E-state index >= 15 is 0 Å². The van der Waals surface area contributed by atoms with E-state index in [0.29, 0.717) is 0 Å². The maximum Gasteiger partial charge on any atom is 0.225 e. The molecule has 0 amide bonds. The number of likely N-dealkylation sites (tertiary alicyclic amines) is 1. The smallest absolute Gasteiger partial charge is 0.225 e. The molecule has 0 radical (unpaired) electrons. The predicted octanol–water partition coefficient (Wildman–Crippen LogP) is 0.957. The highest BCUT2D eigenvalue weighted by atomic mass is 16.5. The molecule has 6 heteroatoms. The number of rotatable bonds is 6. The number of methoxy groups -OCH3 is 1. The van der Waals surface area contributed by atoms with Gasteiger partial charge in [0.15, 0.2) is 0 Å². The molecule has 23 heavy (non-hydrogen) atoms. The first kappa shape index (κ1) is 16.6. The van der Waals surface area contributed by atoms with Crippen molar-refractivity contribution in [1.82, 2.24) is 19.8 Å². The van der Waals surface area contributed by atoms with Crippen molar-refractivity contribution in [3.8, 4) is 0 Å². The van der Waals surface area contributed by atoms with Gasteiger partial charge in [0.05, 0.1) is 6.61 Å². The van der Waals surface area contributed by atoms with Crippen LogP contribution in [-0.2, 0) is 4.74 Å². The molecule has 2 aliphatic heterocycles. The maximum absolute atomic E-state index is 5.19. The minimum atomic E-state index is 0.811. The van der Waals surface area contributed by atoms with E-state index in [4.69, 9.17) is 4.74 Å². The number of nitrogens with zero attached hydrogens (tertiary/aromatic N) is 5. The van der Waals surface area contributed by atoms with Crippen LogP contribution >= 0.6 is 0 Å². The molecule has 0 saturated carbocycles. The summed E-state index contributed by atoms with van der Waals surface area (Å²) in [6, 6.07) is 1.88. The third kappa shape index (κ3) is 4.86.